The highest BCUT2D eigenvalue weighted by atomic mass is 79.9. The van der Waals surface area contributed by atoms with E-state index in [9.17, 15) is 19.7 Å². The number of hydrogen-bond donors (Lipinski definition) is 0. The third kappa shape index (κ3) is 4.71. The lowest BCUT2D eigenvalue weighted by atomic mass is 10.1. The first-order chi connectivity index (χ1) is 13.0. The van der Waals surface area contributed by atoms with Gasteiger partial charge in [0.2, 0.25) is 5.78 Å². The van der Waals surface area contributed by atoms with Crippen LogP contribution in [-0.2, 0) is 9.47 Å². The van der Waals surface area contributed by atoms with E-state index < -0.39 is 17.5 Å². The number of hydrogen-bond acceptors (Lipinski definition) is 8. The van der Waals surface area contributed by atoms with Crippen molar-refractivity contribution in [3.05, 3.63) is 54.7 Å². The fraction of sp³-hybridized carbons (Fsp3) is 0.294. The molecule has 1 aromatic carbocycles. The molecule has 10 heteroatoms. The Balaban J connectivity index is 1.71. The summed E-state index contributed by atoms with van der Waals surface area (Å²) in [5, 5.41) is 11.4. The molecule has 0 spiro atoms. The third-order valence-electron chi connectivity index (χ3n) is 3.94. The van der Waals surface area contributed by atoms with E-state index in [1.807, 2.05) is 4.90 Å². The van der Waals surface area contributed by atoms with Gasteiger partial charge in [-0.1, -0.05) is 0 Å². The van der Waals surface area contributed by atoms with Gasteiger partial charge in [0.15, 0.2) is 6.61 Å². The molecule has 0 atom stereocenters. The molecular weight excluding hydrogens is 440 g/mol. The first-order valence-corrected chi connectivity index (χ1v) is 9.63. The summed E-state index contributed by atoms with van der Waals surface area (Å²) in [6.45, 7) is 1.62. The Morgan fingerprint density at radius 2 is 2.00 bits per heavy atom. The van der Waals surface area contributed by atoms with Crippen LogP contribution in [0.15, 0.2) is 34.1 Å². The number of Topliss-reactive ketones (excluding diaryl/α,β-unsaturated/α-hetero) is 1. The number of anilines is 1. The van der Waals surface area contributed by atoms with Crippen LogP contribution in [0.2, 0.25) is 0 Å². The molecule has 1 aromatic heterocycles. The average molecular weight is 455 g/mol. The van der Waals surface area contributed by atoms with Crippen LogP contribution >= 0.6 is 27.3 Å². The maximum atomic E-state index is 12.2. The van der Waals surface area contributed by atoms with Crippen molar-refractivity contribution in [1.82, 2.24) is 0 Å². The zero-order valence-electron chi connectivity index (χ0n) is 14.1. The number of thiophene rings is 1. The zero-order valence-corrected chi connectivity index (χ0v) is 16.5. The molecule has 0 aliphatic carbocycles. The molecule has 0 amide bonds. The minimum Gasteiger partial charge on any atom is -0.454 e. The summed E-state index contributed by atoms with van der Waals surface area (Å²) in [7, 11) is 0. The maximum absolute atomic E-state index is 12.2. The van der Waals surface area contributed by atoms with Gasteiger partial charge in [0.05, 0.1) is 32.4 Å². The fourth-order valence-corrected chi connectivity index (χ4v) is 3.93. The van der Waals surface area contributed by atoms with E-state index in [-0.39, 0.29) is 17.0 Å². The summed E-state index contributed by atoms with van der Waals surface area (Å²) in [5.74, 6) is -1.12. The lowest BCUT2D eigenvalue weighted by Crippen LogP contribution is -2.36. The van der Waals surface area contributed by atoms with Gasteiger partial charge in [-0.25, -0.2) is 4.79 Å². The van der Waals surface area contributed by atoms with E-state index in [1.165, 1.54) is 29.5 Å². The number of rotatable bonds is 6. The Kier molecular flexibility index (Phi) is 6.19. The second-order valence-corrected chi connectivity index (χ2v) is 8.13. The highest BCUT2D eigenvalue weighted by Crippen LogP contribution is 2.30. The number of nitro benzene ring substituents is 1. The number of nitrogens with zero attached hydrogens (tertiary/aromatic N) is 2. The number of halogens is 1. The Hall–Kier alpha value is -2.30. The lowest BCUT2D eigenvalue weighted by molar-refractivity contribution is -0.384. The molecule has 1 aliphatic heterocycles. The van der Waals surface area contributed by atoms with E-state index in [2.05, 4.69) is 15.9 Å². The van der Waals surface area contributed by atoms with Crippen molar-refractivity contribution in [1.29, 1.82) is 0 Å². The van der Waals surface area contributed by atoms with Crippen molar-refractivity contribution in [2.45, 2.75) is 0 Å². The second-order valence-electron chi connectivity index (χ2n) is 5.66. The first-order valence-electron chi connectivity index (χ1n) is 8.02. The standard InChI is InChI=1S/C17H15BrN2O6S/c18-16-4-3-15(27-16)14(21)10-26-17(22)11-1-2-12(13(9-11)20(23)24)19-5-7-25-8-6-19/h1-4,9H,5-8,10H2. The quantitative estimate of drug-likeness (QED) is 0.285. The predicted molar refractivity (Wildman–Crippen MR) is 103 cm³/mol. The van der Waals surface area contributed by atoms with E-state index in [4.69, 9.17) is 9.47 Å². The topological polar surface area (TPSA) is 99.0 Å². The molecule has 0 radical (unpaired) electrons. The highest BCUT2D eigenvalue weighted by molar-refractivity contribution is 9.11. The lowest BCUT2D eigenvalue weighted by Gasteiger charge is -2.28. The number of carbonyl (C=O) groups excluding carboxylic acids is 2. The molecule has 2 aromatic rings. The SMILES string of the molecule is O=C(OCC(=O)c1ccc(Br)s1)c1ccc(N2CCOCC2)c([N+](=O)[O-])c1. The number of nitro groups is 1. The Labute approximate surface area is 167 Å². The molecule has 1 saturated heterocycles. The Morgan fingerprint density at radius 3 is 2.63 bits per heavy atom. The van der Waals surface area contributed by atoms with Gasteiger partial charge < -0.3 is 14.4 Å². The van der Waals surface area contributed by atoms with Crippen LogP contribution in [-0.4, -0.2) is 49.6 Å². The number of morpholine rings is 1. The van der Waals surface area contributed by atoms with Crippen LogP contribution < -0.4 is 4.90 Å². The van der Waals surface area contributed by atoms with Gasteiger partial charge in [-0.15, -0.1) is 11.3 Å². The van der Waals surface area contributed by atoms with Crippen molar-refractivity contribution in [3.8, 4) is 0 Å². The Bertz CT molecular complexity index is 878. The van der Waals surface area contributed by atoms with Gasteiger partial charge in [-0.05, 0) is 40.2 Å². The van der Waals surface area contributed by atoms with Crippen LogP contribution in [0.25, 0.3) is 0 Å². The summed E-state index contributed by atoms with van der Waals surface area (Å²) >= 11 is 4.50. The predicted octanol–water partition coefficient (Wildman–Crippen LogP) is 3.30. The number of carbonyl (C=O) groups is 2. The van der Waals surface area contributed by atoms with E-state index >= 15 is 0 Å². The molecule has 27 heavy (non-hydrogen) atoms. The number of benzene rings is 1. The largest absolute Gasteiger partial charge is 0.454 e. The van der Waals surface area contributed by atoms with Gasteiger partial charge in [-0.2, -0.15) is 0 Å². The van der Waals surface area contributed by atoms with Gasteiger partial charge in [0, 0.05) is 19.2 Å². The van der Waals surface area contributed by atoms with Gasteiger partial charge in [0.25, 0.3) is 5.69 Å². The smallest absolute Gasteiger partial charge is 0.338 e. The molecule has 8 nitrogen and oxygen atoms in total. The summed E-state index contributed by atoms with van der Waals surface area (Å²) in [5.41, 5.74) is 0.276. The molecule has 1 aliphatic rings. The van der Waals surface area contributed by atoms with Crippen LogP contribution in [0.4, 0.5) is 11.4 Å². The number of ether oxygens (including phenoxy) is 2. The first kappa shape index (κ1) is 19.5. The van der Waals surface area contributed by atoms with E-state index in [0.717, 1.165) is 3.79 Å². The third-order valence-corrected chi connectivity index (χ3v) is 5.61. The molecule has 0 saturated carbocycles. The van der Waals surface area contributed by atoms with Crippen LogP contribution in [0, 0.1) is 10.1 Å². The summed E-state index contributed by atoms with van der Waals surface area (Å²) < 4.78 is 11.1. The van der Waals surface area contributed by atoms with Crippen LogP contribution in [0.1, 0.15) is 20.0 Å². The van der Waals surface area contributed by atoms with Gasteiger partial charge >= 0.3 is 5.97 Å². The van der Waals surface area contributed by atoms with Gasteiger partial charge in [0.1, 0.15) is 5.69 Å². The molecule has 3 rings (SSSR count). The Morgan fingerprint density at radius 1 is 1.26 bits per heavy atom. The van der Waals surface area contributed by atoms with Crippen molar-refractivity contribution in [2.24, 2.45) is 0 Å². The monoisotopic (exact) mass is 454 g/mol. The average Bonchev–Trinajstić information content (AvgIpc) is 3.12. The summed E-state index contributed by atoms with van der Waals surface area (Å²) in [4.78, 5) is 37.4. The minimum absolute atomic E-state index is 0.0267. The number of esters is 1. The normalized spacial score (nSPS) is 14.0. The second kappa shape index (κ2) is 8.59. The zero-order chi connectivity index (χ0) is 19.4. The molecule has 142 valence electrons. The van der Waals surface area contributed by atoms with E-state index in [0.29, 0.717) is 36.9 Å². The van der Waals surface area contributed by atoms with E-state index in [1.54, 1.807) is 12.1 Å². The highest BCUT2D eigenvalue weighted by Gasteiger charge is 2.24. The molecule has 2 heterocycles. The van der Waals surface area contributed by atoms with Gasteiger partial charge in [-0.3, -0.25) is 14.9 Å². The van der Waals surface area contributed by atoms with Crippen LogP contribution in [0.3, 0.4) is 0 Å². The maximum Gasteiger partial charge on any atom is 0.338 e. The van der Waals surface area contributed by atoms with Crippen molar-refractivity contribution in [2.75, 3.05) is 37.8 Å². The minimum atomic E-state index is -0.782. The van der Waals surface area contributed by atoms with Crippen LogP contribution in [0.5, 0.6) is 0 Å². The molecule has 0 unspecified atom stereocenters. The van der Waals surface area contributed by atoms with Crippen molar-refractivity contribution >= 4 is 50.4 Å². The molecule has 1 fully saturated rings. The summed E-state index contributed by atoms with van der Waals surface area (Å²) in [6, 6.07) is 7.53. The molecule has 0 N–H and O–H groups in total. The summed E-state index contributed by atoms with van der Waals surface area (Å²) in [6.07, 6.45) is 0. The molecular formula is C17H15BrN2O6S. The fourth-order valence-electron chi connectivity index (χ4n) is 2.62. The van der Waals surface area contributed by atoms with Crippen molar-refractivity contribution < 1.29 is 24.0 Å². The molecule has 0 bridgehead atoms. The number of ketones is 1. The van der Waals surface area contributed by atoms with Crippen molar-refractivity contribution in [3.63, 3.8) is 0 Å².